The molecule has 0 aromatic heterocycles. The maximum atomic E-state index is 11.9. The Labute approximate surface area is 113 Å². The summed E-state index contributed by atoms with van der Waals surface area (Å²) in [5, 5.41) is 0. The minimum absolute atomic E-state index is 0.153. The van der Waals surface area contributed by atoms with Crippen molar-refractivity contribution in [3.8, 4) is 0 Å². The summed E-state index contributed by atoms with van der Waals surface area (Å²) < 4.78 is 0.938. The average Bonchev–Trinajstić information content (AvgIpc) is 2.37. The number of hydrogen-bond acceptors (Lipinski definition) is 2. The molecule has 0 fully saturated rings. The van der Waals surface area contributed by atoms with E-state index in [-0.39, 0.29) is 5.78 Å². The van der Waals surface area contributed by atoms with Gasteiger partial charge in [0, 0.05) is 14.9 Å². The Morgan fingerprint density at radius 2 is 1.82 bits per heavy atom. The van der Waals surface area contributed by atoms with Gasteiger partial charge in [0.15, 0.2) is 5.78 Å². The first-order valence-corrected chi connectivity index (χ1v) is 7.00. The first kappa shape index (κ1) is 12.4. The molecule has 0 unspecified atom stereocenters. The van der Waals surface area contributed by atoms with Crippen molar-refractivity contribution < 1.29 is 4.79 Å². The maximum absolute atomic E-state index is 11.9. The molecule has 3 heteroatoms. The molecule has 0 spiro atoms. The molecule has 0 saturated heterocycles. The minimum atomic E-state index is 0.153. The second-order valence-corrected chi connectivity index (χ2v) is 5.50. The molecule has 1 nitrogen and oxygen atoms in total. The summed E-state index contributed by atoms with van der Waals surface area (Å²) in [6, 6.07) is 17.5. The second-order valence-electron chi connectivity index (χ2n) is 3.54. The number of benzene rings is 2. The van der Waals surface area contributed by atoms with Crippen molar-refractivity contribution in [2.24, 2.45) is 0 Å². The third-order valence-corrected chi connectivity index (χ3v) is 3.77. The number of halogens is 1. The van der Waals surface area contributed by atoms with Crippen LogP contribution < -0.4 is 0 Å². The molecular weight excluding hydrogens is 296 g/mol. The first-order chi connectivity index (χ1) is 8.25. The lowest BCUT2D eigenvalue weighted by Gasteiger charge is -2.02. The molecule has 0 amide bonds. The fourth-order valence-corrected chi connectivity index (χ4v) is 2.62. The van der Waals surface area contributed by atoms with E-state index < -0.39 is 0 Å². The predicted molar refractivity (Wildman–Crippen MR) is 75.6 cm³/mol. The number of ketones is 1. The summed E-state index contributed by atoms with van der Waals surface area (Å²) in [7, 11) is 0. The molecule has 0 aliphatic carbocycles. The SMILES string of the molecule is O=C(CSc1ccccc1)c1cccc(Br)c1. The van der Waals surface area contributed by atoms with E-state index >= 15 is 0 Å². The highest BCUT2D eigenvalue weighted by atomic mass is 79.9. The van der Waals surface area contributed by atoms with Crippen molar-refractivity contribution in [3.63, 3.8) is 0 Å². The van der Waals surface area contributed by atoms with Gasteiger partial charge in [-0.15, -0.1) is 11.8 Å². The van der Waals surface area contributed by atoms with Crippen molar-refractivity contribution in [1.29, 1.82) is 0 Å². The topological polar surface area (TPSA) is 17.1 Å². The van der Waals surface area contributed by atoms with Crippen molar-refractivity contribution in [2.45, 2.75) is 4.90 Å². The van der Waals surface area contributed by atoms with Crippen molar-refractivity contribution in [2.75, 3.05) is 5.75 Å². The van der Waals surface area contributed by atoms with Crippen LogP contribution in [0.4, 0.5) is 0 Å². The molecule has 0 N–H and O–H groups in total. The van der Waals surface area contributed by atoms with Gasteiger partial charge in [0.1, 0.15) is 0 Å². The highest BCUT2D eigenvalue weighted by Gasteiger charge is 2.06. The van der Waals surface area contributed by atoms with E-state index in [0.29, 0.717) is 5.75 Å². The van der Waals surface area contributed by atoms with Crippen LogP contribution in [0, 0.1) is 0 Å². The average molecular weight is 307 g/mol. The Bertz CT molecular complexity index is 511. The molecule has 17 heavy (non-hydrogen) atoms. The lowest BCUT2D eigenvalue weighted by molar-refractivity contribution is 0.102. The van der Waals surface area contributed by atoms with E-state index in [2.05, 4.69) is 15.9 Å². The van der Waals surface area contributed by atoms with Gasteiger partial charge in [0.05, 0.1) is 5.75 Å². The van der Waals surface area contributed by atoms with Gasteiger partial charge in [-0.05, 0) is 24.3 Å². The van der Waals surface area contributed by atoms with Crippen LogP contribution in [0.15, 0.2) is 64.0 Å². The number of Topliss-reactive ketones (excluding diaryl/α,β-unsaturated/α-hetero) is 1. The lowest BCUT2D eigenvalue weighted by Crippen LogP contribution is -2.01. The van der Waals surface area contributed by atoms with Gasteiger partial charge < -0.3 is 0 Å². The quantitative estimate of drug-likeness (QED) is 0.614. The number of rotatable bonds is 4. The van der Waals surface area contributed by atoms with Gasteiger partial charge in [0.25, 0.3) is 0 Å². The van der Waals surface area contributed by atoms with Crippen LogP contribution in [0.2, 0.25) is 0 Å². The Kier molecular flexibility index (Phi) is 4.40. The number of thioether (sulfide) groups is 1. The van der Waals surface area contributed by atoms with E-state index in [1.165, 1.54) is 0 Å². The standard InChI is InChI=1S/C14H11BrOS/c15-12-6-4-5-11(9-12)14(16)10-17-13-7-2-1-3-8-13/h1-9H,10H2. The molecular formula is C14H11BrOS. The molecule has 0 aliphatic rings. The zero-order chi connectivity index (χ0) is 12.1. The fourth-order valence-electron chi connectivity index (χ4n) is 1.41. The molecule has 2 rings (SSSR count). The van der Waals surface area contributed by atoms with Crippen LogP contribution in [0.5, 0.6) is 0 Å². The van der Waals surface area contributed by atoms with Crippen molar-refractivity contribution in [1.82, 2.24) is 0 Å². The third-order valence-electron chi connectivity index (χ3n) is 2.26. The van der Waals surface area contributed by atoms with Crippen molar-refractivity contribution in [3.05, 3.63) is 64.6 Å². The number of carbonyl (C=O) groups is 1. The number of hydrogen-bond donors (Lipinski definition) is 0. The molecule has 0 bridgehead atoms. The van der Waals surface area contributed by atoms with Crippen LogP contribution >= 0.6 is 27.7 Å². The Morgan fingerprint density at radius 3 is 2.53 bits per heavy atom. The molecule has 0 radical (unpaired) electrons. The summed E-state index contributed by atoms with van der Waals surface area (Å²) in [5.41, 5.74) is 0.753. The van der Waals surface area contributed by atoms with Crippen LogP contribution in [-0.2, 0) is 0 Å². The largest absolute Gasteiger partial charge is 0.293 e. The fraction of sp³-hybridized carbons (Fsp3) is 0.0714. The van der Waals surface area contributed by atoms with Gasteiger partial charge in [0.2, 0.25) is 0 Å². The van der Waals surface area contributed by atoms with Gasteiger partial charge in [-0.1, -0.05) is 46.3 Å². The summed E-state index contributed by atoms with van der Waals surface area (Å²) >= 11 is 4.93. The van der Waals surface area contributed by atoms with Gasteiger partial charge in [-0.25, -0.2) is 0 Å². The summed E-state index contributed by atoms with van der Waals surface area (Å²) in [6.45, 7) is 0. The normalized spacial score (nSPS) is 10.2. The molecule has 0 saturated carbocycles. The van der Waals surface area contributed by atoms with Crippen LogP contribution in [0.1, 0.15) is 10.4 Å². The van der Waals surface area contributed by atoms with E-state index in [9.17, 15) is 4.79 Å². The Hall–Kier alpha value is -1.06. The monoisotopic (exact) mass is 306 g/mol. The Morgan fingerprint density at radius 1 is 1.06 bits per heavy atom. The zero-order valence-electron chi connectivity index (χ0n) is 9.10. The Balaban J connectivity index is 1.98. The summed E-state index contributed by atoms with van der Waals surface area (Å²) in [5.74, 6) is 0.626. The second kappa shape index (κ2) is 6.03. The van der Waals surface area contributed by atoms with Crippen molar-refractivity contribution >= 4 is 33.5 Å². The first-order valence-electron chi connectivity index (χ1n) is 5.22. The molecule has 0 heterocycles. The molecule has 2 aromatic rings. The molecule has 0 atom stereocenters. The van der Waals surface area contributed by atoms with Crippen LogP contribution in [0.3, 0.4) is 0 Å². The van der Waals surface area contributed by atoms with Gasteiger partial charge in [-0.3, -0.25) is 4.79 Å². The van der Waals surface area contributed by atoms with E-state index in [1.807, 2.05) is 54.6 Å². The molecule has 0 aliphatic heterocycles. The lowest BCUT2D eigenvalue weighted by atomic mass is 10.2. The van der Waals surface area contributed by atoms with E-state index in [1.54, 1.807) is 11.8 Å². The maximum Gasteiger partial charge on any atom is 0.173 e. The zero-order valence-corrected chi connectivity index (χ0v) is 11.5. The smallest absolute Gasteiger partial charge is 0.173 e. The molecule has 2 aromatic carbocycles. The van der Waals surface area contributed by atoms with Crippen LogP contribution in [0.25, 0.3) is 0 Å². The van der Waals surface area contributed by atoms with E-state index in [0.717, 1.165) is 14.9 Å². The van der Waals surface area contributed by atoms with Crippen LogP contribution in [-0.4, -0.2) is 11.5 Å². The van der Waals surface area contributed by atoms with E-state index in [4.69, 9.17) is 0 Å². The third kappa shape index (κ3) is 3.72. The predicted octanol–water partition coefficient (Wildman–Crippen LogP) is 4.42. The minimum Gasteiger partial charge on any atom is -0.293 e. The highest BCUT2D eigenvalue weighted by Crippen LogP contribution is 2.19. The molecule has 86 valence electrons. The highest BCUT2D eigenvalue weighted by molar-refractivity contribution is 9.10. The number of carbonyl (C=O) groups excluding carboxylic acids is 1. The summed E-state index contributed by atoms with van der Waals surface area (Å²) in [6.07, 6.45) is 0. The summed E-state index contributed by atoms with van der Waals surface area (Å²) in [4.78, 5) is 13.0. The van der Waals surface area contributed by atoms with Gasteiger partial charge in [-0.2, -0.15) is 0 Å². The van der Waals surface area contributed by atoms with Gasteiger partial charge >= 0.3 is 0 Å².